The number of hydrazone groups is 1. The number of carbonyl (C=O) groups excluding carboxylic acids is 1. The second-order valence-electron chi connectivity index (χ2n) is 6.90. The Morgan fingerprint density at radius 2 is 1.90 bits per heavy atom. The van der Waals surface area contributed by atoms with E-state index in [2.05, 4.69) is 10.4 Å². The van der Waals surface area contributed by atoms with Crippen LogP contribution in [0.15, 0.2) is 29.4 Å². The standard InChI is InChI=1S/C18H23F3N4O4/c1-5-13(18(19,20)21)24-25(10-14(26)27)12-8-6-7-11(9-12)15(22)23-16(28)29-17(2,3)4/h6-9H,5,10H2,1-4H3,(H,26,27)(H2,22,23,28)/b24-13+. The molecule has 160 valence electrons. The van der Waals surface area contributed by atoms with Gasteiger partial charge in [-0.2, -0.15) is 18.3 Å². The smallest absolute Gasteiger partial charge is 0.431 e. The number of alkyl halides is 3. The monoisotopic (exact) mass is 416 g/mol. The van der Waals surface area contributed by atoms with E-state index in [-0.39, 0.29) is 17.1 Å². The Labute approximate surface area is 165 Å². The van der Waals surface area contributed by atoms with Gasteiger partial charge in [-0.25, -0.2) is 4.79 Å². The number of hydrogen-bond acceptors (Lipinski definition) is 6. The summed E-state index contributed by atoms with van der Waals surface area (Å²) in [5, 5.41) is 23.3. The molecule has 0 unspecified atom stereocenters. The molecule has 0 saturated carbocycles. The van der Waals surface area contributed by atoms with Gasteiger partial charge in [0, 0.05) is 5.56 Å². The van der Waals surface area contributed by atoms with E-state index in [1.54, 1.807) is 20.8 Å². The Hall–Kier alpha value is -3.11. The maximum atomic E-state index is 13.0. The van der Waals surface area contributed by atoms with E-state index >= 15 is 0 Å². The lowest BCUT2D eigenvalue weighted by molar-refractivity contribution is -0.135. The van der Waals surface area contributed by atoms with Gasteiger partial charge in [0.15, 0.2) is 0 Å². The van der Waals surface area contributed by atoms with Crippen molar-refractivity contribution in [1.29, 1.82) is 5.41 Å². The maximum absolute atomic E-state index is 13.0. The van der Waals surface area contributed by atoms with Crippen molar-refractivity contribution in [2.45, 2.75) is 45.9 Å². The third-order valence-electron chi connectivity index (χ3n) is 3.25. The van der Waals surface area contributed by atoms with Gasteiger partial charge in [-0.3, -0.25) is 20.5 Å². The lowest BCUT2D eigenvalue weighted by Gasteiger charge is -2.21. The van der Waals surface area contributed by atoms with E-state index in [0.717, 1.165) is 0 Å². The molecule has 1 aromatic carbocycles. The molecule has 0 heterocycles. The van der Waals surface area contributed by atoms with Crippen LogP contribution in [-0.2, 0) is 9.53 Å². The molecule has 0 saturated heterocycles. The number of carboxylic acids is 1. The van der Waals surface area contributed by atoms with Gasteiger partial charge >= 0.3 is 18.2 Å². The highest BCUT2D eigenvalue weighted by Crippen LogP contribution is 2.23. The Kier molecular flexibility index (Phi) is 7.75. The molecular formula is C18H23F3N4O4. The molecule has 0 aromatic heterocycles. The molecule has 0 aliphatic rings. The van der Waals surface area contributed by atoms with Crippen molar-refractivity contribution in [1.82, 2.24) is 5.32 Å². The maximum Gasteiger partial charge on any atom is 0.431 e. The van der Waals surface area contributed by atoms with Gasteiger partial charge in [-0.15, -0.1) is 0 Å². The molecule has 0 bridgehead atoms. The fourth-order valence-corrected chi connectivity index (χ4v) is 2.09. The Morgan fingerprint density at radius 1 is 1.28 bits per heavy atom. The number of carbonyl (C=O) groups is 2. The number of anilines is 1. The minimum Gasteiger partial charge on any atom is -0.480 e. The summed E-state index contributed by atoms with van der Waals surface area (Å²) in [6.45, 7) is 5.36. The van der Waals surface area contributed by atoms with Crippen molar-refractivity contribution in [2.24, 2.45) is 5.10 Å². The van der Waals surface area contributed by atoms with Crippen LogP contribution in [0, 0.1) is 5.41 Å². The Morgan fingerprint density at radius 3 is 2.38 bits per heavy atom. The average molecular weight is 416 g/mol. The molecule has 0 fully saturated rings. The van der Waals surface area contributed by atoms with Crippen LogP contribution < -0.4 is 10.3 Å². The lowest BCUT2D eigenvalue weighted by atomic mass is 10.1. The van der Waals surface area contributed by atoms with Gasteiger partial charge < -0.3 is 9.84 Å². The summed E-state index contributed by atoms with van der Waals surface area (Å²) < 4.78 is 44.1. The van der Waals surface area contributed by atoms with Crippen LogP contribution in [0.2, 0.25) is 0 Å². The molecule has 11 heteroatoms. The fourth-order valence-electron chi connectivity index (χ4n) is 2.09. The molecule has 1 rings (SSSR count). The minimum atomic E-state index is -4.71. The zero-order valence-electron chi connectivity index (χ0n) is 16.4. The predicted molar refractivity (Wildman–Crippen MR) is 101 cm³/mol. The summed E-state index contributed by atoms with van der Waals surface area (Å²) in [7, 11) is 0. The van der Waals surface area contributed by atoms with E-state index in [9.17, 15) is 22.8 Å². The van der Waals surface area contributed by atoms with Crippen LogP contribution in [0.1, 0.15) is 39.7 Å². The number of ether oxygens (including phenoxy) is 1. The van der Waals surface area contributed by atoms with Gasteiger partial charge in [0.2, 0.25) is 0 Å². The van der Waals surface area contributed by atoms with Crippen molar-refractivity contribution >= 4 is 29.3 Å². The first-order valence-corrected chi connectivity index (χ1v) is 8.56. The number of benzene rings is 1. The Balaban J connectivity index is 3.18. The number of nitrogens with zero attached hydrogens (tertiary/aromatic N) is 2. The topological polar surface area (TPSA) is 115 Å². The first kappa shape index (κ1) is 23.9. The molecule has 0 spiro atoms. The highest BCUT2D eigenvalue weighted by Gasteiger charge is 2.35. The number of halogens is 3. The highest BCUT2D eigenvalue weighted by atomic mass is 19.4. The quantitative estimate of drug-likeness (QED) is 0.371. The van der Waals surface area contributed by atoms with Crippen molar-refractivity contribution in [3.63, 3.8) is 0 Å². The van der Waals surface area contributed by atoms with E-state index in [0.29, 0.717) is 5.01 Å². The SMILES string of the molecule is CC/C(=N\N(CC(=O)O)c1cccc(C(=N)NC(=O)OC(C)(C)C)c1)C(F)(F)F. The molecule has 29 heavy (non-hydrogen) atoms. The number of amidine groups is 1. The van der Waals surface area contributed by atoms with Crippen molar-refractivity contribution < 1.29 is 32.6 Å². The van der Waals surface area contributed by atoms with Crippen LogP contribution >= 0.6 is 0 Å². The van der Waals surface area contributed by atoms with Gasteiger partial charge in [0.1, 0.15) is 23.7 Å². The molecule has 0 aliphatic heterocycles. The zero-order valence-corrected chi connectivity index (χ0v) is 16.4. The predicted octanol–water partition coefficient (Wildman–Crippen LogP) is 3.76. The van der Waals surface area contributed by atoms with Crippen LogP contribution in [0.5, 0.6) is 0 Å². The molecule has 3 N–H and O–H groups in total. The Bertz CT molecular complexity index is 801. The molecular weight excluding hydrogens is 393 g/mol. The molecule has 0 radical (unpaired) electrons. The molecule has 0 aliphatic carbocycles. The number of nitrogens with one attached hydrogen (secondary N) is 2. The summed E-state index contributed by atoms with van der Waals surface area (Å²) >= 11 is 0. The number of carboxylic acid groups (broad SMARTS) is 1. The average Bonchev–Trinajstić information content (AvgIpc) is 2.55. The normalized spacial score (nSPS) is 12.3. The zero-order chi connectivity index (χ0) is 22.4. The van der Waals surface area contributed by atoms with E-state index in [1.807, 2.05) is 0 Å². The van der Waals surface area contributed by atoms with Gasteiger partial charge in [-0.05, 0) is 39.3 Å². The highest BCUT2D eigenvalue weighted by molar-refractivity contribution is 6.05. The fraction of sp³-hybridized carbons (Fsp3) is 0.444. The van der Waals surface area contributed by atoms with E-state index in [1.165, 1.54) is 31.2 Å². The minimum absolute atomic E-state index is 0.0100. The number of hydrogen-bond donors (Lipinski definition) is 3. The molecule has 1 amide bonds. The molecule has 0 atom stereocenters. The summed E-state index contributed by atoms with van der Waals surface area (Å²) in [6.07, 6.45) is -6.04. The third-order valence-corrected chi connectivity index (χ3v) is 3.25. The number of rotatable bonds is 6. The summed E-state index contributed by atoms with van der Waals surface area (Å²) in [4.78, 5) is 22.9. The first-order chi connectivity index (χ1) is 13.2. The van der Waals surface area contributed by atoms with Crippen LogP contribution in [0.25, 0.3) is 0 Å². The summed E-state index contributed by atoms with van der Waals surface area (Å²) in [5.41, 5.74) is -1.79. The van der Waals surface area contributed by atoms with Crippen LogP contribution in [0.3, 0.4) is 0 Å². The third kappa shape index (κ3) is 8.20. The van der Waals surface area contributed by atoms with Crippen LogP contribution in [-0.4, -0.2) is 47.0 Å². The van der Waals surface area contributed by atoms with Crippen molar-refractivity contribution in [3.05, 3.63) is 29.8 Å². The molecule has 1 aromatic rings. The lowest BCUT2D eigenvalue weighted by Crippen LogP contribution is -2.36. The van der Waals surface area contributed by atoms with Gasteiger partial charge in [0.25, 0.3) is 0 Å². The summed E-state index contributed by atoms with van der Waals surface area (Å²) in [5.74, 6) is -1.76. The number of amides is 1. The van der Waals surface area contributed by atoms with Crippen molar-refractivity contribution in [2.75, 3.05) is 11.6 Å². The van der Waals surface area contributed by atoms with Gasteiger partial charge in [0.05, 0.1) is 5.69 Å². The second kappa shape index (κ2) is 9.39. The summed E-state index contributed by atoms with van der Waals surface area (Å²) in [6, 6.07) is 5.42. The van der Waals surface area contributed by atoms with Gasteiger partial charge in [-0.1, -0.05) is 19.1 Å². The van der Waals surface area contributed by atoms with Crippen LogP contribution in [0.4, 0.5) is 23.7 Å². The number of alkyl carbamates (subject to hydrolysis) is 1. The van der Waals surface area contributed by atoms with E-state index in [4.69, 9.17) is 15.3 Å². The molecule has 8 nitrogen and oxygen atoms in total. The number of aliphatic carboxylic acids is 1. The first-order valence-electron chi connectivity index (χ1n) is 8.56. The second-order valence-corrected chi connectivity index (χ2v) is 6.90. The van der Waals surface area contributed by atoms with E-state index < -0.39 is 42.5 Å². The largest absolute Gasteiger partial charge is 0.480 e. The van der Waals surface area contributed by atoms with Crippen molar-refractivity contribution in [3.8, 4) is 0 Å².